The molecule has 0 spiro atoms. The van der Waals surface area contributed by atoms with Crippen LogP contribution in [0.1, 0.15) is 4.88 Å². The van der Waals surface area contributed by atoms with E-state index in [-0.39, 0.29) is 0 Å². The van der Waals surface area contributed by atoms with Crippen molar-refractivity contribution in [3.8, 4) is 0 Å². The van der Waals surface area contributed by atoms with Gasteiger partial charge in [0.25, 0.3) is 0 Å². The van der Waals surface area contributed by atoms with Crippen molar-refractivity contribution in [2.75, 3.05) is 0 Å². The third kappa shape index (κ3) is 2.08. The molecule has 0 fully saturated rings. The van der Waals surface area contributed by atoms with Gasteiger partial charge in [-0.2, -0.15) is 0 Å². The Hall–Kier alpha value is -0.980. The van der Waals surface area contributed by atoms with Gasteiger partial charge in [-0.25, -0.2) is 4.98 Å². The molecule has 3 nitrogen and oxygen atoms in total. The summed E-state index contributed by atoms with van der Waals surface area (Å²) in [6, 6.07) is 8.03. The summed E-state index contributed by atoms with van der Waals surface area (Å²) in [6.45, 7) is 0.756. The maximum atomic E-state index is 5.32. The molecule has 0 aliphatic heterocycles. The van der Waals surface area contributed by atoms with Crippen molar-refractivity contribution in [3.05, 3.63) is 43.9 Å². The van der Waals surface area contributed by atoms with E-state index in [1.54, 1.807) is 17.5 Å². The van der Waals surface area contributed by atoms with Gasteiger partial charge in [-0.15, -0.1) is 11.3 Å². The Balaban J connectivity index is 2.11. The number of thiophene rings is 1. The lowest BCUT2D eigenvalue weighted by atomic mass is 10.4. The second-order valence-corrected chi connectivity index (χ2v) is 6.53. The van der Waals surface area contributed by atoms with Crippen LogP contribution < -0.4 is 0 Å². The Bertz CT molecular complexity index is 725. The van der Waals surface area contributed by atoms with Crippen LogP contribution in [0.4, 0.5) is 0 Å². The van der Waals surface area contributed by atoms with Crippen molar-refractivity contribution >= 4 is 50.6 Å². The summed E-state index contributed by atoms with van der Waals surface area (Å²) in [5, 5.41) is 0. The molecule has 0 saturated carbocycles. The number of rotatable bonds is 2. The molecular formula is C11H8BrN3S2. The molecule has 0 aromatic carbocycles. The highest BCUT2D eigenvalue weighted by molar-refractivity contribution is 9.11. The summed E-state index contributed by atoms with van der Waals surface area (Å²) in [7, 11) is 0. The van der Waals surface area contributed by atoms with Crippen LogP contribution in [0.5, 0.6) is 0 Å². The summed E-state index contributed by atoms with van der Waals surface area (Å²) in [4.78, 5) is 8.77. The molecule has 0 atom stereocenters. The van der Waals surface area contributed by atoms with Gasteiger partial charge < -0.3 is 4.98 Å². The number of H-pyrrole nitrogens is 1. The number of hydrogen-bond donors (Lipinski definition) is 1. The van der Waals surface area contributed by atoms with Gasteiger partial charge in [0.15, 0.2) is 10.4 Å². The molecule has 86 valence electrons. The summed E-state index contributed by atoms with van der Waals surface area (Å²) < 4.78 is 3.86. The van der Waals surface area contributed by atoms with Crippen LogP contribution in [0.25, 0.3) is 11.2 Å². The van der Waals surface area contributed by atoms with Crippen LogP contribution in [-0.2, 0) is 6.54 Å². The molecule has 0 amide bonds. The summed E-state index contributed by atoms with van der Waals surface area (Å²) >= 11 is 10.5. The molecule has 0 aliphatic rings. The zero-order valence-corrected chi connectivity index (χ0v) is 11.9. The minimum atomic E-state index is 0.711. The summed E-state index contributed by atoms with van der Waals surface area (Å²) in [6.07, 6.45) is 1.78. The van der Waals surface area contributed by atoms with E-state index in [9.17, 15) is 0 Å². The fourth-order valence-electron chi connectivity index (χ4n) is 1.73. The first-order chi connectivity index (χ1) is 8.24. The van der Waals surface area contributed by atoms with E-state index in [1.165, 1.54) is 4.88 Å². The zero-order chi connectivity index (χ0) is 11.8. The van der Waals surface area contributed by atoms with Crippen LogP contribution in [0.15, 0.2) is 34.2 Å². The van der Waals surface area contributed by atoms with E-state index in [2.05, 4.69) is 32.0 Å². The SMILES string of the molecule is S=c1[nH]c2cccnc2n1Cc1ccc(Br)s1. The van der Waals surface area contributed by atoms with Gasteiger partial charge >= 0.3 is 0 Å². The fourth-order valence-corrected chi connectivity index (χ4v) is 3.46. The van der Waals surface area contributed by atoms with Gasteiger partial charge in [-0.1, -0.05) is 0 Å². The van der Waals surface area contributed by atoms with Gasteiger partial charge in [0.2, 0.25) is 0 Å². The summed E-state index contributed by atoms with van der Waals surface area (Å²) in [5.74, 6) is 0. The standard InChI is InChI=1S/C11H8BrN3S2/c12-9-4-3-7(17-9)6-15-10-8(14-11(15)16)2-1-5-13-10/h1-5H,6H2,(H,14,16). The van der Waals surface area contributed by atoms with Crippen molar-refractivity contribution in [1.82, 2.24) is 14.5 Å². The smallest absolute Gasteiger partial charge is 0.179 e. The molecule has 0 aliphatic carbocycles. The second kappa shape index (κ2) is 4.36. The van der Waals surface area contributed by atoms with E-state index in [4.69, 9.17) is 12.2 Å². The van der Waals surface area contributed by atoms with E-state index < -0.39 is 0 Å². The molecule has 0 saturated heterocycles. The van der Waals surface area contributed by atoms with E-state index in [0.29, 0.717) is 4.77 Å². The van der Waals surface area contributed by atoms with Crippen molar-refractivity contribution in [2.45, 2.75) is 6.54 Å². The minimum absolute atomic E-state index is 0.711. The van der Waals surface area contributed by atoms with Crippen LogP contribution in [0, 0.1) is 4.77 Å². The van der Waals surface area contributed by atoms with Crippen molar-refractivity contribution in [1.29, 1.82) is 0 Å². The number of hydrogen-bond acceptors (Lipinski definition) is 3. The molecule has 3 aromatic rings. The van der Waals surface area contributed by atoms with Gasteiger partial charge in [0.1, 0.15) is 0 Å². The fraction of sp³-hybridized carbons (Fsp3) is 0.0909. The molecule has 1 N–H and O–H groups in total. The first-order valence-corrected chi connectivity index (χ1v) is 7.03. The van der Waals surface area contributed by atoms with Crippen LogP contribution >= 0.6 is 39.5 Å². The minimum Gasteiger partial charge on any atom is -0.329 e. The van der Waals surface area contributed by atoms with Crippen LogP contribution in [0.2, 0.25) is 0 Å². The molecule has 0 bridgehead atoms. The first kappa shape index (κ1) is 11.1. The molecular weight excluding hydrogens is 318 g/mol. The maximum absolute atomic E-state index is 5.32. The van der Waals surface area contributed by atoms with Gasteiger partial charge in [-0.3, -0.25) is 4.57 Å². The largest absolute Gasteiger partial charge is 0.329 e. The van der Waals surface area contributed by atoms with Gasteiger partial charge in [0, 0.05) is 11.1 Å². The van der Waals surface area contributed by atoms with Gasteiger partial charge in [-0.05, 0) is 52.4 Å². The number of aromatic amines is 1. The quantitative estimate of drug-likeness (QED) is 0.723. The number of pyridine rings is 1. The lowest BCUT2D eigenvalue weighted by Crippen LogP contribution is -1.98. The number of imidazole rings is 1. The van der Waals surface area contributed by atoms with E-state index in [1.807, 2.05) is 22.8 Å². The molecule has 6 heteroatoms. The molecule has 0 unspecified atom stereocenters. The van der Waals surface area contributed by atoms with E-state index in [0.717, 1.165) is 21.5 Å². The van der Waals surface area contributed by atoms with Crippen LogP contribution in [-0.4, -0.2) is 14.5 Å². The number of aromatic nitrogens is 3. The molecule has 3 heterocycles. The highest BCUT2D eigenvalue weighted by Gasteiger charge is 2.06. The lowest BCUT2D eigenvalue weighted by Gasteiger charge is -2.00. The number of halogens is 1. The predicted octanol–water partition coefficient (Wildman–Crippen LogP) is 3.97. The Labute approximate surface area is 115 Å². The number of nitrogens with one attached hydrogen (secondary N) is 1. The van der Waals surface area contributed by atoms with Crippen molar-refractivity contribution < 1.29 is 0 Å². The highest BCUT2D eigenvalue weighted by atomic mass is 79.9. The monoisotopic (exact) mass is 325 g/mol. The molecule has 3 aromatic heterocycles. The third-order valence-corrected chi connectivity index (χ3v) is 4.40. The summed E-state index contributed by atoms with van der Waals surface area (Å²) in [5.41, 5.74) is 1.88. The zero-order valence-electron chi connectivity index (χ0n) is 8.68. The third-order valence-electron chi connectivity index (χ3n) is 2.47. The van der Waals surface area contributed by atoms with Crippen LogP contribution in [0.3, 0.4) is 0 Å². The van der Waals surface area contributed by atoms with E-state index >= 15 is 0 Å². The average molecular weight is 326 g/mol. The Morgan fingerprint density at radius 2 is 2.29 bits per heavy atom. The molecule has 17 heavy (non-hydrogen) atoms. The second-order valence-electron chi connectivity index (χ2n) is 3.60. The van der Waals surface area contributed by atoms with Gasteiger partial charge in [0.05, 0.1) is 15.8 Å². The molecule has 0 radical (unpaired) electrons. The molecule has 3 rings (SSSR count). The topological polar surface area (TPSA) is 33.6 Å². The lowest BCUT2D eigenvalue weighted by molar-refractivity contribution is 0.813. The Morgan fingerprint density at radius 3 is 3.06 bits per heavy atom. The normalized spacial score (nSPS) is 11.1. The maximum Gasteiger partial charge on any atom is 0.179 e. The number of nitrogens with zero attached hydrogens (tertiary/aromatic N) is 2. The highest BCUT2D eigenvalue weighted by Crippen LogP contribution is 2.24. The predicted molar refractivity (Wildman–Crippen MR) is 76.0 cm³/mol. The first-order valence-electron chi connectivity index (χ1n) is 5.02. The Kier molecular flexibility index (Phi) is 2.85. The number of fused-ring (bicyclic) bond motifs is 1. The average Bonchev–Trinajstić information content (AvgIpc) is 2.85. The Morgan fingerprint density at radius 1 is 1.41 bits per heavy atom. The van der Waals surface area contributed by atoms with Crippen molar-refractivity contribution in [3.63, 3.8) is 0 Å². The van der Waals surface area contributed by atoms with Crippen molar-refractivity contribution in [2.24, 2.45) is 0 Å².